The molecular weight excluding hydrogens is 268 g/mol. The predicted molar refractivity (Wildman–Crippen MR) is 66.7 cm³/mol. The van der Waals surface area contributed by atoms with E-state index in [-0.39, 0.29) is 12.8 Å². The van der Waals surface area contributed by atoms with Gasteiger partial charge >= 0.3 is 11.8 Å². The lowest BCUT2D eigenvalue weighted by molar-refractivity contribution is -0.215. The highest BCUT2D eigenvalue weighted by molar-refractivity contribution is 5.86. The molecule has 0 radical (unpaired) electrons. The zero-order valence-corrected chi connectivity index (χ0v) is 10.5. The predicted octanol–water partition coefficient (Wildman–Crippen LogP) is 1.55. The Morgan fingerprint density at radius 3 is 2.70 bits per heavy atom. The summed E-state index contributed by atoms with van der Waals surface area (Å²) in [6.45, 7) is 0. The van der Waals surface area contributed by atoms with Crippen molar-refractivity contribution in [3.8, 4) is 6.07 Å². The van der Waals surface area contributed by atoms with Crippen LogP contribution in [0.5, 0.6) is 0 Å². The van der Waals surface area contributed by atoms with E-state index in [1.165, 1.54) is 12.1 Å². The molecule has 1 aliphatic rings. The minimum absolute atomic E-state index is 0.0999. The third kappa shape index (κ3) is 2.42. The van der Waals surface area contributed by atoms with E-state index >= 15 is 0 Å². The van der Waals surface area contributed by atoms with Crippen LogP contribution >= 0.6 is 0 Å². The molecule has 20 heavy (non-hydrogen) atoms. The van der Waals surface area contributed by atoms with Crippen molar-refractivity contribution in [2.24, 2.45) is 0 Å². The lowest BCUT2D eigenvalue weighted by Crippen LogP contribution is -2.61. The number of alkyl halides is 2. The molecule has 3 N–H and O–H groups in total. The van der Waals surface area contributed by atoms with Crippen molar-refractivity contribution in [2.75, 3.05) is 5.43 Å². The van der Waals surface area contributed by atoms with Crippen LogP contribution in [0.25, 0.3) is 0 Å². The van der Waals surface area contributed by atoms with Gasteiger partial charge in [-0.05, 0) is 37.5 Å². The van der Waals surface area contributed by atoms with Crippen LogP contribution < -0.4 is 10.9 Å². The standard InChI is InChI=1S/C13H13F2N3O2/c14-13(15,12(20)5-2-6-12)11(19)18-17-10-4-1-3-9(7-10)8-16/h1,3-4,7,17,20H,2,5-6H2,(H,18,19). The van der Waals surface area contributed by atoms with Gasteiger partial charge in [-0.1, -0.05) is 6.07 Å². The van der Waals surface area contributed by atoms with Gasteiger partial charge in [0.15, 0.2) is 0 Å². The Labute approximate surface area is 114 Å². The van der Waals surface area contributed by atoms with Crippen LogP contribution in [0.2, 0.25) is 0 Å². The fourth-order valence-corrected chi connectivity index (χ4v) is 1.91. The van der Waals surface area contributed by atoms with Crippen molar-refractivity contribution in [1.82, 2.24) is 5.43 Å². The lowest BCUT2D eigenvalue weighted by Gasteiger charge is -2.41. The largest absolute Gasteiger partial charge is 0.383 e. The van der Waals surface area contributed by atoms with Crippen molar-refractivity contribution >= 4 is 11.6 Å². The number of hydrogen-bond donors (Lipinski definition) is 3. The first-order chi connectivity index (χ1) is 9.39. The third-order valence-electron chi connectivity index (χ3n) is 3.36. The average Bonchev–Trinajstić information content (AvgIpc) is 2.42. The van der Waals surface area contributed by atoms with Crippen LogP contribution in [-0.4, -0.2) is 22.5 Å². The van der Waals surface area contributed by atoms with Crippen LogP contribution in [0.4, 0.5) is 14.5 Å². The molecule has 1 aromatic carbocycles. The van der Waals surface area contributed by atoms with E-state index in [4.69, 9.17) is 5.26 Å². The van der Waals surface area contributed by atoms with Gasteiger partial charge in [-0.2, -0.15) is 14.0 Å². The number of aliphatic hydroxyl groups is 1. The minimum Gasteiger partial charge on any atom is -0.383 e. The Kier molecular flexibility index (Phi) is 3.59. The summed E-state index contributed by atoms with van der Waals surface area (Å²) < 4.78 is 27.5. The van der Waals surface area contributed by atoms with Gasteiger partial charge in [-0.3, -0.25) is 15.6 Å². The summed E-state index contributed by atoms with van der Waals surface area (Å²) in [4.78, 5) is 11.5. The fourth-order valence-electron chi connectivity index (χ4n) is 1.91. The molecule has 0 saturated heterocycles. The molecule has 1 saturated carbocycles. The first-order valence-electron chi connectivity index (χ1n) is 6.06. The number of amides is 1. The Morgan fingerprint density at radius 1 is 1.45 bits per heavy atom. The smallest absolute Gasteiger partial charge is 0.354 e. The summed E-state index contributed by atoms with van der Waals surface area (Å²) in [5, 5.41) is 18.3. The maximum absolute atomic E-state index is 13.7. The van der Waals surface area contributed by atoms with Crippen molar-refractivity contribution in [1.29, 1.82) is 5.26 Å². The molecule has 7 heteroatoms. The number of anilines is 1. The Bertz CT molecular complexity index is 565. The van der Waals surface area contributed by atoms with Gasteiger partial charge in [0.2, 0.25) is 0 Å². The zero-order valence-electron chi connectivity index (χ0n) is 10.5. The molecule has 5 nitrogen and oxygen atoms in total. The molecule has 106 valence electrons. The quantitative estimate of drug-likeness (QED) is 0.731. The van der Waals surface area contributed by atoms with E-state index in [1.807, 2.05) is 11.5 Å². The molecule has 0 spiro atoms. The molecule has 1 aliphatic carbocycles. The van der Waals surface area contributed by atoms with Crippen molar-refractivity contribution in [3.63, 3.8) is 0 Å². The molecule has 0 aliphatic heterocycles. The summed E-state index contributed by atoms with van der Waals surface area (Å²) >= 11 is 0. The molecule has 0 aromatic heterocycles. The van der Waals surface area contributed by atoms with Crippen molar-refractivity contribution in [3.05, 3.63) is 29.8 Å². The Balaban J connectivity index is 2.00. The summed E-state index contributed by atoms with van der Waals surface area (Å²) in [7, 11) is 0. The molecule has 1 amide bonds. The first kappa shape index (κ1) is 14.2. The number of carbonyl (C=O) groups excluding carboxylic acids is 1. The molecule has 0 unspecified atom stereocenters. The van der Waals surface area contributed by atoms with Crippen molar-refractivity contribution < 1.29 is 18.7 Å². The lowest BCUT2D eigenvalue weighted by atomic mass is 9.75. The van der Waals surface area contributed by atoms with Gasteiger partial charge in [-0.25, -0.2) is 0 Å². The minimum atomic E-state index is -3.86. The van der Waals surface area contributed by atoms with E-state index in [0.29, 0.717) is 17.7 Å². The molecular formula is C13H13F2N3O2. The highest BCUT2D eigenvalue weighted by atomic mass is 19.3. The second-order valence-corrected chi connectivity index (χ2v) is 4.73. The molecule has 0 atom stereocenters. The topological polar surface area (TPSA) is 85.2 Å². The third-order valence-corrected chi connectivity index (χ3v) is 3.36. The highest BCUT2D eigenvalue weighted by Gasteiger charge is 2.61. The second-order valence-electron chi connectivity index (χ2n) is 4.73. The maximum Gasteiger partial charge on any atom is 0.354 e. The normalized spacial score (nSPS) is 16.7. The number of carbonyl (C=O) groups is 1. The molecule has 1 fully saturated rings. The van der Waals surface area contributed by atoms with Gasteiger partial charge in [0.1, 0.15) is 5.60 Å². The molecule has 0 bridgehead atoms. The number of benzene rings is 1. The Hall–Kier alpha value is -2.20. The van der Waals surface area contributed by atoms with E-state index in [0.717, 1.165) is 0 Å². The number of nitriles is 1. The number of hydrazine groups is 1. The monoisotopic (exact) mass is 281 g/mol. The van der Waals surface area contributed by atoms with Gasteiger partial charge in [-0.15, -0.1) is 0 Å². The number of hydrogen-bond acceptors (Lipinski definition) is 4. The molecule has 1 aromatic rings. The summed E-state index contributed by atoms with van der Waals surface area (Å²) in [6, 6.07) is 7.88. The first-order valence-corrected chi connectivity index (χ1v) is 6.06. The zero-order chi connectivity index (χ0) is 14.8. The fraction of sp³-hybridized carbons (Fsp3) is 0.385. The van der Waals surface area contributed by atoms with E-state index in [1.54, 1.807) is 12.1 Å². The summed E-state index contributed by atoms with van der Waals surface area (Å²) in [6.07, 6.45) is 0.270. The van der Waals surface area contributed by atoms with Crippen molar-refractivity contribution in [2.45, 2.75) is 30.8 Å². The van der Waals surface area contributed by atoms with E-state index in [2.05, 4.69) is 5.43 Å². The Morgan fingerprint density at radius 2 is 2.15 bits per heavy atom. The SMILES string of the molecule is N#Cc1cccc(NNC(=O)C(F)(F)C2(O)CCC2)c1. The van der Waals surface area contributed by atoms with Crippen LogP contribution in [0.1, 0.15) is 24.8 Å². The number of nitrogens with one attached hydrogen (secondary N) is 2. The summed E-state index contributed by atoms with van der Waals surface area (Å²) in [5.74, 6) is -5.45. The van der Waals surface area contributed by atoms with Gasteiger partial charge in [0.25, 0.3) is 0 Å². The number of nitrogens with zero attached hydrogens (tertiary/aromatic N) is 1. The van der Waals surface area contributed by atoms with Crippen LogP contribution in [0.15, 0.2) is 24.3 Å². The second kappa shape index (κ2) is 5.06. The van der Waals surface area contributed by atoms with E-state index in [9.17, 15) is 18.7 Å². The van der Waals surface area contributed by atoms with Gasteiger partial charge in [0.05, 0.1) is 17.3 Å². The van der Waals surface area contributed by atoms with Crippen LogP contribution in [0, 0.1) is 11.3 Å². The van der Waals surface area contributed by atoms with Crippen LogP contribution in [-0.2, 0) is 4.79 Å². The number of halogens is 2. The maximum atomic E-state index is 13.7. The molecule has 2 rings (SSSR count). The van der Waals surface area contributed by atoms with Gasteiger partial charge in [0, 0.05) is 0 Å². The average molecular weight is 281 g/mol. The summed E-state index contributed by atoms with van der Waals surface area (Å²) in [5.41, 5.74) is 2.53. The number of rotatable bonds is 4. The van der Waals surface area contributed by atoms with Gasteiger partial charge < -0.3 is 5.11 Å². The van der Waals surface area contributed by atoms with E-state index < -0.39 is 17.4 Å². The highest BCUT2D eigenvalue weighted by Crippen LogP contribution is 2.44. The molecule has 0 heterocycles. The van der Waals surface area contributed by atoms with Crippen LogP contribution in [0.3, 0.4) is 0 Å².